The number of nitrogens with zero attached hydrogens (tertiary/aromatic N) is 4. The summed E-state index contributed by atoms with van der Waals surface area (Å²) in [6.45, 7) is 1.35. The molecule has 0 amide bonds. The van der Waals surface area contributed by atoms with E-state index in [0.29, 0.717) is 11.5 Å². The van der Waals surface area contributed by atoms with Crippen LogP contribution in [-0.2, 0) is 6.61 Å². The fraction of sp³-hybridized carbons (Fsp3) is 0.167. The zero-order chi connectivity index (χ0) is 19.3. The van der Waals surface area contributed by atoms with Gasteiger partial charge in [-0.05, 0) is 31.2 Å². The van der Waals surface area contributed by atoms with E-state index in [1.165, 1.54) is 10.7 Å². The molecular formula is C18H12Cl2F2N4O. The summed E-state index contributed by atoms with van der Waals surface area (Å²) in [5.74, 6) is -0.937. The average molecular weight is 409 g/mol. The number of fused-ring (bicyclic) bond motifs is 3. The van der Waals surface area contributed by atoms with Crippen molar-refractivity contribution in [2.24, 2.45) is 4.99 Å². The fourth-order valence-corrected chi connectivity index (χ4v) is 3.46. The predicted octanol–water partition coefficient (Wildman–Crippen LogP) is 4.26. The Morgan fingerprint density at radius 1 is 1.11 bits per heavy atom. The molecule has 0 aliphatic carbocycles. The third-order valence-corrected chi connectivity index (χ3v) is 5.06. The Kier molecular flexibility index (Phi) is 4.46. The van der Waals surface area contributed by atoms with Crippen molar-refractivity contribution >= 4 is 28.9 Å². The zero-order valence-corrected chi connectivity index (χ0v) is 15.4. The summed E-state index contributed by atoms with van der Waals surface area (Å²) in [6.07, 6.45) is 0. The molecule has 3 aromatic rings. The highest BCUT2D eigenvalue weighted by Gasteiger charge is 2.30. The Morgan fingerprint density at radius 2 is 1.81 bits per heavy atom. The molecule has 138 valence electrons. The van der Waals surface area contributed by atoms with E-state index < -0.39 is 17.7 Å². The molecule has 2 heterocycles. The molecule has 4 rings (SSSR count). The first-order chi connectivity index (χ1) is 12.9. The van der Waals surface area contributed by atoms with Gasteiger partial charge in [-0.3, -0.25) is 4.99 Å². The number of aromatic nitrogens is 3. The van der Waals surface area contributed by atoms with Crippen LogP contribution in [0.1, 0.15) is 35.7 Å². The molecule has 0 spiro atoms. The van der Waals surface area contributed by atoms with Gasteiger partial charge in [0, 0.05) is 5.56 Å². The summed E-state index contributed by atoms with van der Waals surface area (Å²) in [6, 6.07) is 6.14. The number of hydrogen-bond acceptors (Lipinski definition) is 4. The number of halogens is 4. The number of aliphatic hydroxyl groups excluding tert-OH is 1. The van der Waals surface area contributed by atoms with Gasteiger partial charge < -0.3 is 5.11 Å². The third kappa shape index (κ3) is 2.82. The Bertz CT molecular complexity index is 1080. The SMILES string of the molecule is CC1N=C(c2c(F)cccc2F)c2c(ccc(Cl)c2Cl)-n2nc(CO)nc21. The molecule has 1 aliphatic rings. The Morgan fingerprint density at radius 3 is 2.48 bits per heavy atom. The van der Waals surface area contributed by atoms with E-state index in [0.717, 1.165) is 12.1 Å². The Hall–Kier alpha value is -2.35. The topological polar surface area (TPSA) is 63.3 Å². The molecule has 9 heteroatoms. The van der Waals surface area contributed by atoms with E-state index in [1.807, 2.05) is 0 Å². The third-order valence-electron chi connectivity index (χ3n) is 4.25. The zero-order valence-electron chi connectivity index (χ0n) is 13.9. The van der Waals surface area contributed by atoms with Crippen molar-refractivity contribution in [1.29, 1.82) is 0 Å². The van der Waals surface area contributed by atoms with Gasteiger partial charge >= 0.3 is 0 Å². The molecule has 0 saturated carbocycles. The molecule has 1 aliphatic heterocycles. The van der Waals surface area contributed by atoms with E-state index in [2.05, 4.69) is 15.1 Å². The summed E-state index contributed by atoms with van der Waals surface area (Å²) in [4.78, 5) is 8.75. The second kappa shape index (κ2) is 6.67. The summed E-state index contributed by atoms with van der Waals surface area (Å²) in [5.41, 5.74) is 0.381. The molecule has 0 saturated heterocycles. The highest BCUT2D eigenvalue weighted by Crippen LogP contribution is 2.37. The minimum Gasteiger partial charge on any atom is -0.388 e. The summed E-state index contributed by atoms with van der Waals surface area (Å²) >= 11 is 12.6. The van der Waals surface area contributed by atoms with Crippen molar-refractivity contribution in [1.82, 2.24) is 14.8 Å². The van der Waals surface area contributed by atoms with Crippen LogP contribution in [0.4, 0.5) is 8.78 Å². The molecular weight excluding hydrogens is 397 g/mol. The monoisotopic (exact) mass is 408 g/mol. The molecule has 1 N–H and O–H groups in total. The molecule has 27 heavy (non-hydrogen) atoms. The van der Waals surface area contributed by atoms with Gasteiger partial charge in [-0.25, -0.2) is 18.4 Å². The first-order valence-corrected chi connectivity index (χ1v) is 8.75. The van der Waals surface area contributed by atoms with Gasteiger partial charge in [-0.2, -0.15) is 0 Å². The largest absolute Gasteiger partial charge is 0.388 e. The molecule has 0 radical (unpaired) electrons. The number of aliphatic imine (C=N–C) groups is 1. The second-order valence-electron chi connectivity index (χ2n) is 5.96. The maximum Gasteiger partial charge on any atom is 0.176 e. The minimum absolute atomic E-state index is 0.0263. The van der Waals surface area contributed by atoms with Crippen LogP contribution >= 0.6 is 23.2 Å². The van der Waals surface area contributed by atoms with Crippen molar-refractivity contribution in [3.63, 3.8) is 0 Å². The molecule has 5 nitrogen and oxygen atoms in total. The van der Waals surface area contributed by atoms with E-state index >= 15 is 0 Å². The average Bonchev–Trinajstić information content (AvgIpc) is 3.03. The molecule has 1 atom stereocenters. The summed E-state index contributed by atoms with van der Waals surface area (Å²) < 4.78 is 30.5. The van der Waals surface area contributed by atoms with Gasteiger partial charge in [0.2, 0.25) is 0 Å². The van der Waals surface area contributed by atoms with Crippen LogP contribution in [-0.4, -0.2) is 25.6 Å². The molecule has 0 fully saturated rings. The van der Waals surface area contributed by atoms with Crippen LogP contribution in [0, 0.1) is 11.6 Å². The van der Waals surface area contributed by atoms with Gasteiger partial charge in [-0.1, -0.05) is 29.3 Å². The lowest BCUT2D eigenvalue weighted by Crippen LogP contribution is -2.13. The molecule has 2 aromatic carbocycles. The van der Waals surface area contributed by atoms with E-state index in [1.54, 1.807) is 19.1 Å². The van der Waals surface area contributed by atoms with Gasteiger partial charge in [0.05, 0.1) is 27.0 Å². The predicted molar refractivity (Wildman–Crippen MR) is 97.7 cm³/mol. The lowest BCUT2D eigenvalue weighted by atomic mass is 9.99. The van der Waals surface area contributed by atoms with Crippen molar-refractivity contribution in [2.45, 2.75) is 19.6 Å². The second-order valence-corrected chi connectivity index (χ2v) is 6.75. The lowest BCUT2D eigenvalue weighted by molar-refractivity contribution is 0.271. The summed E-state index contributed by atoms with van der Waals surface area (Å²) in [7, 11) is 0. The first kappa shape index (κ1) is 18.0. The fourth-order valence-electron chi connectivity index (χ4n) is 3.05. The van der Waals surface area contributed by atoms with Crippen LogP contribution in [0.5, 0.6) is 0 Å². The van der Waals surface area contributed by atoms with Crippen molar-refractivity contribution in [3.8, 4) is 5.69 Å². The molecule has 1 aromatic heterocycles. The number of hydrogen-bond donors (Lipinski definition) is 1. The highest BCUT2D eigenvalue weighted by molar-refractivity contribution is 6.45. The lowest BCUT2D eigenvalue weighted by Gasteiger charge is -2.14. The maximum atomic E-state index is 14.5. The summed E-state index contributed by atoms with van der Waals surface area (Å²) in [5, 5.41) is 13.9. The van der Waals surface area contributed by atoms with Crippen molar-refractivity contribution in [3.05, 3.63) is 74.8 Å². The number of rotatable bonds is 2. The maximum absolute atomic E-state index is 14.5. The number of benzene rings is 2. The van der Waals surface area contributed by atoms with Gasteiger partial charge in [-0.15, -0.1) is 5.10 Å². The van der Waals surface area contributed by atoms with Crippen LogP contribution in [0.25, 0.3) is 5.69 Å². The first-order valence-electron chi connectivity index (χ1n) is 8.00. The number of aliphatic hydroxyl groups is 1. The van der Waals surface area contributed by atoms with Gasteiger partial charge in [0.15, 0.2) is 11.6 Å². The van der Waals surface area contributed by atoms with Crippen LogP contribution in [0.15, 0.2) is 35.3 Å². The normalized spacial score (nSPS) is 15.8. The quantitative estimate of drug-likeness (QED) is 0.688. The van der Waals surface area contributed by atoms with Crippen LogP contribution in [0.2, 0.25) is 10.0 Å². The van der Waals surface area contributed by atoms with E-state index in [9.17, 15) is 13.9 Å². The Balaban J connectivity index is 2.10. The van der Waals surface area contributed by atoms with Crippen molar-refractivity contribution < 1.29 is 13.9 Å². The molecule has 1 unspecified atom stereocenters. The van der Waals surface area contributed by atoms with Gasteiger partial charge in [0.1, 0.15) is 24.3 Å². The van der Waals surface area contributed by atoms with Crippen LogP contribution < -0.4 is 0 Å². The highest BCUT2D eigenvalue weighted by atomic mass is 35.5. The van der Waals surface area contributed by atoms with Gasteiger partial charge in [0.25, 0.3) is 0 Å². The standard InChI is InChI=1S/C18H12Cl2F2N4O/c1-8-18-24-13(7-27)25-26(18)12-6-5-9(19)16(20)15(12)17(23-8)14-10(21)3-2-4-11(14)22/h2-6,8,27H,7H2,1H3. The van der Waals surface area contributed by atoms with E-state index in [4.69, 9.17) is 23.2 Å². The smallest absolute Gasteiger partial charge is 0.176 e. The Labute approximate surface area is 162 Å². The van der Waals surface area contributed by atoms with E-state index in [-0.39, 0.29) is 39.3 Å². The minimum atomic E-state index is -0.772. The molecule has 0 bridgehead atoms. The van der Waals surface area contributed by atoms with Crippen LogP contribution in [0.3, 0.4) is 0 Å². The van der Waals surface area contributed by atoms with Crippen molar-refractivity contribution in [2.75, 3.05) is 0 Å².